The van der Waals surface area contributed by atoms with E-state index in [1.807, 2.05) is 0 Å². The maximum absolute atomic E-state index is 11.2. The van der Waals surface area contributed by atoms with Crippen LogP contribution in [0.4, 0.5) is 0 Å². The summed E-state index contributed by atoms with van der Waals surface area (Å²) in [5.74, 6) is -1.96. The summed E-state index contributed by atoms with van der Waals surface area (Å²) in [5, 5.41) is 9.79. The summed E-state index contributed by atoms with van der Waals surface area (Å²) in [7, 11) is 0. The molecule has 1 aliphatic rings. The average Bonchev–Trinajstić information content (AvgIpc) is 2.27. The Balaban J connectivity index is 3.01. The molecule has 0 aromatic heterocycles. The maximum atomic E-state index is 11.2. The molecule has 1 fully saturated rings. The highest BCUT2D eigenvalue weighted by atomic mass is 16.7. The third-order valence-corrected chi connectivity index (χ3v) is 2.65. The monoisotopic (exact) mass is 290 g/mol. The topological polar surface area (TPSA) is 108 Å². The number of esters is 3. The fourth-order valence-electron chi connectivity index (χ4n) is 1.99. The van der Waals surface area contributed by atoms with E-state index < -0.39 is 48.6 Å². The second-order valence-corrected chi connectivity index (χ2v) is 4.45. The summed E-state index contributed by atoms with van der Waals surface area (Å²) in [4.78, 5) is 33.3. The predicted molar refractivity (Wildman–Crippen MR) is 63.2 cm³/mol. The van der Waals surface area contributed by atoms with Crippen LogP contribution in [0.15, 0.2) is 0 Å². The van der Waals surface area contributed by atoms with Gasteiger partial charge in [-0.25, -0.2) is 0 Å². The van der Waals surface area contributed by atoms with Crippen molar-refractivity contribution in [3.8, 4) is 0 Å². The molecule has 0 bridgehead atoms. The minimum absolute atomic E-state index is 0.611. The lowest BCUT2D eigenvalue weighted by atomic mass is 9.99. The van der Waals surface area contributed by atoms with E-state index in [1.165, 1.54) is 13.8 Å². The maximum Gasteiger partial charge on any atom is 0.303 e. The molecule has 0 aromatic carbocycles. The molecule has 1 rings (SSSR count). The van der Waals surface area contributed by atoms with Crippen LogP contribution >= 0.6 is 0 Å². The molecule has 1 N–H and O–H groups in total. The van der Waals surface area contributed by atoms with E-state index in [4.69, 9.17) is 18.9 Å². The summed E-state index contributed by atoms with van der Waals surface area (Å²) in [5.41, 5.74) is 0. The molecule has 0 spiro atoms. The first-order valence-corrected chi connectivity index (χ1v) is 6.07. The number of carbonyl (C=O) groups excluding carboxylic acids is 3. The van der Waals surface area contributed by atoms with Crippen LogP contribution in [0.1, 0.15) is 27.7 Å². The molecule has 0 aromatic rings. The van der Waals surface area contributed by atoms with Gasteiger partial charge in [-0.3, -0.25) is 14.4 Å². The zero-order valence-corrected chi connectivity index (χ0v) is 11.7. The molecule has 1 aliphatic heterocycles. The number of aliphatic hydroxyl groups is 1. The van der Waals surface area contributed by atoms with Crippen molar-refractivity contribution in [3.63, 3.8) is 0 Å². The van der Waals surface area contributed by atoms with Gasteiger partial charge in [-0.1, -0.05) is 0 Å². The van der Waals surface area contributed by atoms with Crippen LogP contribution in [-0.4, -0.2) is 53.7 Å². The van der Waals surface area contributed by atoms with Gasteiger partial charge in [0, 0.05) is 20.8 Å². The second kappa shape index (κ2) is 6.67. The first kappa shape index (κ1) is 16.4. The summed E-state index contributed by atoms with van der Waals surface area (Å²) in [6, 6.07) is 0. The zero-order chi connectivity index (χ0) is 15.4. The van der Waals surface area contributed by atoms with Crippen LogP contribution in [0, 0.1) is 0 Å². The molecule has 8 heteroatoms. The fraction of sp³-hybridized carbons (Fsp3) is 0.750. The smallest absolute Gasteiger partial charge is 0.303 e. The van der Waals surface area contributed by atoms with Gasteiger partial charge in [-0.15, -0.1) is 0 Å². The molecule has 20 heavy (non-hydrogen) atoms. The molecule has 3 unspecified atom stereocenters. The van der Waals surface area contributed by atoms with Gasteiger partial charge in [0.15, 0.2) is 24.6 Å². The number of rotatable bonds is 3. The van der Waals surface area contributed by atoms with E-state index in [0.29, 0.717) is 0 Å². The largest absolute Gasteiger partial charge is 0.456 e. The third kappa shape index (κ3) is 4.17. The van der Waals surface area contributed by atoms with Gasteiger partial charge in [0.25, 0.3) is 0 Å². The van der Waals surface area contributed by atoms with E-state index in [9.17, 15) is 19.5 Å². The number of ether oxygens (including phenoxy) is 4. The van der Waals surface area contributed by atoms with Crippen molar-refractivity contribution in [1.29, 1.82) is 0 Å². The average molecular weight is 290 g/mol. The van der Waals surface area contributed by atoms with Crippen molar-refractivity contribution >= 4 is 17.9 Å². The van der Waals surface area contributed by atoms with Crippen LogP contribution in [-0.2, 0) is 33.3 Å². The molecule has 8 nitrogen and oxygen atoms in total. The van der Waals surface area contributed by atoms with Crippen molar-refractivity contribution in [2.45, 2.75) is 58.4 Å². The van der Waals surface area contributed by atoms with Crippen molar-refractivity contribution in [2.24, 2.45) is 0 Å². The van der Waals surface area contributed by atoms with Crippen LogP contribution in [0.2, 0.25) is 0 Å². The second-order valence-electron chi connectivity index (χ2n) is 4.45. The van der Waals surface area contributed by atoms with Crippen molar-refractivity contribution < 1.29 is 38.4 Å². The molecule has 0 saturated carbocycles. The first-order chi connectivity index (χ1) is 9.22. The summed E-state index contributed by atoms with van der Waals surface area (Å²) in [6.07, 6.45) is -5.60. The Labute approximate surface area is 115 Å². The van der Waals surface area contributed by atoms with E-state index >= 15 is 0 Å². The Morgan fingerprint density at radius 1 is 0.850 bits per heavy atom. The number of aliphatic hydroxyl groups excluding tert-OH is 1. The van der Waals surface area contributed by atoms with E-state index in [1.54, 1.807) is 0 Å². The molecular weight excluding hydrogens is 272 g/mol. The van der Waals surface area contributed by atoms with Gasteiger partial charge < -0.3 is 24.1 Å². The first-order valence-electron chi connectivity index (χ1n) is 6.07. The molecule has 0 aliphatic carbocycles. The van der Waals surface area contributed by atoms with Crippen LogP contribution in [0.3, 0.4) is 0 Å². The highest BCUT2D eigenvalue weighted by Crippen LogP contribution is 2.27. The molecular formula is C12H18O8. The molecule has 5 atom stereocenters. The van der Waals surface area contributed by atoms with Gasteiger partial charge in [-0.05, 0) is 6.92 Å². The predicted octanol–water partition coefficient (Wildman–Crippen LogP) is -0.481. The summed E-state index contributed by atoms with van der Waals surface area (Å²) < 4.78 is 20.1. The molecule has 0 radical (unpaired) electrons. The Hall–Kier alpha value is -1.67. The Morgan fingerprint density at radius 2 is 1.25 bits per heavy atom. The highest BCUT2D eigenvalue weighted by Gasteiger charge is 2.49. The lowest BCUT2D eigenvalue weighted by Gasteiger charge is -2.41. The summed E-state index contributed by atoms with van der Waals surface area (Å²) in [6.45, 7) is 5.01. The minimum atomic E-state index is -1.48. The fourth-order valence-corrected chi connectivity index (χ4v) is 1.99. The van der Waals surface area contributed by atoms with Gasteiger partial charge in [0.05, 0.1) is 6.10 Å². The molecule has 1 saturated heterocycles. The van der Waals surface area contributed by atoms with Crippen molar-refractivity contribution in [1.82, 2.24) is 0 Å². The van der Waals surface area contributed by atoms with E-state index in [0.717, 1.165) is 13.8 Å². The standard InChI is InChI=1S/C12H18O8/c1-5-9(18-6(2)13)10(19-7(3)14)11(12(16)17-5)20-8(4)15/h5,9-12,16H,1-4H3/t5?,9-,10-,11?,12?/m0/s1. The quantitative estimate of drug-likeness (QED) is 0.548. The molecule has 1 heterocycles. The summed E-state index contributed by atoms with van der Waals surface area (Å²) >= 11 is 0. The van der Waals surface area contributed by atoms with Crippen LogP contribution in [0.25, 0.3) is 0 Å². The Bertz CT molecular complexity index is 365. The van der Waals surface area contributed by atoms with Gasteiger partial charge >= 0.3 is 17.9 Å². The zero-order valence-electron chi connectivity index (χ0n) is 11.7. The Kier molecular flexibility index (Phi) is 5.46. The molecule has 114 valence electrons. The van der Waals surface area contributed by atoms with Gasteiger partial charge in [-0.2, -0.15) is 0 Å². The van der Waals surface area contributed by atoms with E-state index in [-0.39, 0.29) is 0 Å². The SMILES string of the molecule is CC(=O)OC1C(O)OC(C)[C@H](OC(C)=O)[C@@H]1OC(C)=O. The van der Waals surface area contributed by atoms with Crippen molar-refractivity contribution in [2.75, 3.05) is 0 Å². The highest BCUT2D eigenvalue weighted by molar-refractivity contribution is 5.68. The number of hydrogen-bond acceptors (Lipinski definition) is 8. The van der Waals surface area contributed by atoms with E-state index in [2.05, 4.69) is 0 Å². The van der Waals surface area contributed by atoms with Gasteiger partial charge in [0.2, 0.25) is 0 Å². The van der Waals surface area contributed by atoms with Crippen LogP contribution < -0.4 is 0 Å². The van der Waals surface area contributed by atoms with Crippen LogP contribution in [0.5, 0.6) is 0 Å². The number of carbonyl (C=O) groups is 3. The number of hydrogen-bond donors (Lipinski definition) is 1. The minimum Gasteiger partial charge on any atom is -0.456 e. The Morgan fingerprint density at radius 3 is 1.70 bits per heavy atom. The lowest BCUT2D eigenvalue weighted by molar-refractivity contribution is -0.288. The lowest BCUT2D eigenvalue weighted by Crippen LogP contribution is -2.60. The normalized spacial score (nSPS) is 33.1. The van der Waals surface area contributed by atoms with Gasteiger partial charge in [0.1, 0.15) is 0 Å². The third-order valence-electron chi connectivity index (χ3n) is 2.65. The molecule has 0 amide bonds. The van der Waals surface area contributed by atoms with Crippen molar-refractivity contribution in [3.05, 3.63) is 0 Å².